The van der Waals surface area contributed by atoms with Gasteiger partial charge in [-0.2, -0.15) is 0 Å². The molecule has 0 aromatic heterocycles. The predicted octanol–water partition coefficient (Wildman–Crippen LogP) is 3.82. The molecule has 0 radical (unpaired) electrons. The van der Waals surface area contributed by atoms with Crippen molar-refractivity contribution in [1.82, 2.24) is 0 Å². The molecular formula is C18H28O4. The van der Waals surface area contributed by atoms with E-state index in [0.29, 0.717) is 25.7 Å². The van der Waals surface area contributed by atoms with E-state index in [1.807, 2.05) is 18.2 Å². The number of hydrogen-bond acceptors (Lipinski definition) is 4. The highest BCUT2D eigenvalue weighted by Crippen LogP contribution is 2.29. The van der Waals surface area contributed by atoms with Crippen molar-refractivity contribution in [3.63, 3.8) is 0 Å². The van der Waals surface area contributed by atoms with Crippen LogP contribution in [0.3, 0.4) is 0 Å². The summed E-state index contributed by atoms with van der Waals surface area (Å²) in [6.07, 6.45) is 4.44. The van der Waals surface area contributed by atoms with E-state index in [9.17, 15) is 5.11 Å². The van der Waals surface area contributed by atoms with Crippen LogP contribution in [0.2, 0.25) is 0 Å². The molecule has 124 valence electrons. The maximum absolute atomic E-state index is 9.50. The zero-order valence-electron chi connectivity index (χ0n) is 13.7. The van der Waals surface area contributed by atoms with Gasteiger partial charge in [0.05, 0.1) is 26.4 Å². The Balaban J connectivity index is 2.02. The van der Waals surface area contributed by atoms with Gasteiger partial charge in [-0.3, -0.25) is 0 Å². The van der Waals surface area contributed by atoms with Crippen molar-refractivity contribution in [2.45, 2.75) is 52.4 Å². The molecule has 2 rings (SSSR count). The van der Waals surface area contributed by atoms with E-state index >= 15 is 0 Å². The molecule has 1 aliphatic rings. The first-order valence-electron chi connectivity index (χ1n) is 8.38. The summed E-state index contributed by atoms with van der Waals surface area (Å²) in [6.45, 7) is 6.33. The number of aliphatic hydroxyl groups excluding tert-OH is 1. The largest absolute Gasteiger partial charge is 0.493 e. The minimum absolute atomic E-state index is 0.0201. The number of unbranched alkanes of at least 4 members (excludes halogenated alkanes) is 1. The van der Waals surface area contributed by atoms with E-state index in [0.717, 1.165) is 23.3 Å². The summed E-state index contributed by atoms with van der Waals surface area (Å²) in [5.74, 6) is 1.31. The van der Waals surface area contributed by atoms with Gasteiger partial charge in [0.1, 0.15) is 5.75 Å². The van der Waals surface area contributed by atoms with Gasteiger partial charge in [-0.15, -0.1) is 0 Å². The summed E-state index contributed by atoms with van der Waals surface area (Å²) in [5, 5.41) is 9.50. The molecule has 1 N–H and O–H groups in total. The molecule has 1 heterocycles. The van der Waals surface area contributed by atoms with Gasteiger partial charge in [-0.05, 0) is 18.4 Å². The maximum Gasteiger partial charge on any atom is 0.184 e. The number of aliphatic hydroxyl groups is 1. The fraction of sp³-hybridized carbons (Fsp3) is 0.667. The molecule has 1 atom stereocenters. The number of rotatable bonds is 9. The Morgan fingerprint density at radius 3 is 2.68 bits per heavy atom. The molecule has 4 heteroatoms. The average Bonchev–Trinajstić information content (AvgIpc) is 3.09. The first kappa shape index (κ1) is 17.3. The van der Waals surface area contributed by atoms with Crippen LogP contribution < -0.4 is 4.74 Å². The fourth-order valence-corrected chi connectivity index (χ4v) is 2.64. The van der Waals surface area contributed by atoms with E-state index in [-0.39, 0.29) is 12.9 Å². The van der Waals surface area contributed by atoms with Crippen molar-refractivity contribution < 1.29 is 19.3 Å². The molecule has 4 nitrogen and oxygen atoms in total. The zero-order chi connectivity index (χ0) is 15.8. The summed E-state index contributed by atoms with van der Waals surface area (Å²) >= 11 is 0. The Morgan fingerprint density at radius 1 is 1.27 bits per heavy atom. The molecule has 1 aromatic carbocycles. The minimum atomic E-state index is -0.308. The predicted molar refractivity (Wildman–Crippen MR) is 85.8 cm³/mol. The molecule has 1 fully saturated rings. The number of ether oxygens (including phenoxy) is 3. The van der Waals surface area contributed by atoms with Gasteiger partial charge >= 0.3 is 0 Å². The average molecular weight is 308 g/mol. The summed E-state index contributed by atoms with van der Waals surface area (Å²) in [4.78, 5) is 0. The van der Waals surface area contributed by atoms with Crippen molar-refractivity contribution >= 4 is 0 Å². The second-order valence-corrected chi connectivity index (χ2v) is 5.83. The Hall–Kier alpha value is -1.10. The summed E-state index contributed by atoms with van der Waals surface area (Å²) in [6, 6.07) is 5.76. The van der Waals surface area contributed by atoms with Crippen LogP contribution in [0.15, 0.2) is 18.2 Å². The molecule has 0 spiro atoms. The Bertz CT molecular complexity index is 441. The third kappa shape index (κ3) is 4.70. The lowest BCUT2D eigenvalue weighted by molar-refractivity contribution is -0.0442. The van der Waals surface area contributed by atoms with Crippen LogP contribution in [0.5, 0.6) is 5.75 Å². The first-order chi connectivity index (χ1) is 10.8. The van der Waals surface area contributed by atoms with E-state index in [1.54, 1.807) is 0 Å². The van der Waals surface area contributed by atoms with Crippen LogP contribution in [0.4, 0.5) is 0 Å². The van der Waals surface area contributed by atoms with Crippen molar-refractivity contribution in [2.75, 3.05) is 19.8 Å². The number of benzene rings is 1. The lowest BCUT2D eigenvalue weighted by atomic mass is 10.0. The molecule has 0 saturated carbocycles. The second-order valence-electron chi connectivity index (χ2n) is 5.83. The smallest absolute Gasteiger partial charge is 0.184 e. The molecule has 1 aromatic rings. The number of hydrogen-bond donors (Lipinski definition) is 1. The Morgan fingerprint density at radius 2 is 2.05 bits per heavy atom. The van der Waals surface area contributed by atoms with Gasteiger partial charge < -0.3 is 19.3 Å². The second kappa shape index (κ2) is 9.13. The van der Waals surface area contributed by atoms with Crippen molar-refractivity contribution in [3.05, 3.63) is 29.3 Å². The topological polar surface area (TPSA) is 47.9 Å². The molecule has 22 heavy (non-hydrogen) atoms. The summed E-state index contributed by atoms with van der Waals surface area (Å²) in [5.41, 5.74) is 1.76. The van der Waals surface area contributed by atoms with E-state index < -0.39 is 0 Å². The van der Waals surface area contributed by atoms with Crippen molar-refractivity contribution in [1.29, 1.82) is 0 Å². The van der Waals surface area contributed by atoms with Gasteiger partial charge in [-0.25, -0.2) is 0 Å². The minimum Gasteiger partial charge on any atom is -0.493 e. The third-order valence-corrected chi connectivity index (χ3v) is 4.17. The molecule has 1 saturated heterocycles. The van der Waals surface area contributed by atoms with Crippen LogP contribution in [0.1, 0.15) is 56.9 Å². The highest BCUT2D eigenvalue weighted by atomic mass is 16.7. The normalized spacial score (nSPS) is 16.9. The monoisotopic (exact) mass is 308 g/mol. The molecule has 0 aliphatic carbocycles. The van der Waals surface area contributed by atoms with Crippen molar-refractivity contribution in [2.24, 2.45) is 5.92 Å². The lowest BCUT2D eigenvalue weighted by Crippen LogP contribution is -2.12. The van der Waals surface area contributed by atoms with Gasteiger partial charge in [-0.1, -0.05) is 45.2 Å². The van der Waals surface area contributed by atoms with Crippen LogP contribution in [0, 0.1) is 5.92 Å². The zero-order valence-corrected chi connectivity index (χ0v) is 13.7. The van der Waals surface area contributed by atoms with E-state index in [1.165, 1.54) is 19.3 Å². The first-order valence-corrected chi connectivity index (χ1v) is 8.38. The molecule has 0 bridgehead atoms. The summed E-state index contributed by atoms with van der Waals surface area (Å²) in [7, 11) is 0. The SMILES string of the molecule is CCCC[C@@H](CC)COc1cc(C2OCCO2)ccc1CO. The van der Waals surface area contributed by atoms with Crippen LogP contribution in [-0.2, 0) is 16.1 Å². The Kier molecular flexibility index (Phi) is 7.16. The van der Waals surface area contributed by atoms with E-state index in [2.05, 4.69) is 13.8 Å². The van der Waals surface area contributed by atoms with Crippen LogP contribution >= 0.6 is 0 Å². The van der Waals surface area contributed by atoms with Gasteiger partial charge in [0.15, 0.2) is 6.29 Å². The van der Waals surface area contributed by atoms with Crippen LogP contribution in [-0.4, -0.2) is 24.9 Å². The standard InChI is InChI=1S/C18H28O4/c1-3-5-6-14(4-2)13-22-17-11-15(7-8-16(17)12-19)18-20-9-10-21-18/h7-8,11,14,18-19H,3-6,9-10,12-13H2,1-2H3/t14-/m1/s1. The molecule has 0 amide bonds. The molecule has 1 aliphatic heterocycles. The fourth-order valence-electron chi connectivity index (χ4n) is 2.64. The third-order valence-electron chi connectivity index (χ3n) is 4.17. The summed E-state index contributed by atoms with van der Waals surface area (Å²) < 4.78 is 17.1. The van der Waals surface area contributed by atoms with Gasteiger partial charge in [0.2, 0.25) is 0 Å². The van der Waals surface area contributed by atoms with Crippen LogP contribution in [0.25, 0.3) is 0 Å². The highest BCUT2D eigenvalue weighted by Gasteiger charge is 2.20. The van der Waals surface area contributed by atoms with E-state index in [4.69, 9.17) is 14.2 Å². The lowest BCUT2D eigenvalue weighted by Gasteiger charge is -2.18. The maximum atomic E-state index is 9.50. The quantitative estimate of drug-likeness (QED) is 0.753. The molecular weight excluding hydrogens is 280 g/mol. The Labute approximate surface area is 133 Å². The van der Waals surface area contributed by atoms with Crippen molar-refractivity contribution in [3.8, 4) is 5.75 Å². The van der Waals surface area contributed by atoms with Gasteiger partial charge in [0, 0.05) is 11.1 Å². The molecule has 0 unspecified atom stereocenters. The van der Waals surface area contributed by atoms with Gasteiger partial charge in [0.25, 0.3) is 0 Å². The highest BCUT2D eigenvalue weighted by molar-refractivity contribution is 5.37.